The minimum atomic E-state index is -0.672. The Bertz CT molecular complexity index is 1150. The summed E-state index contributed by atoms with van der Waals surface area (Å²) in [5.41, 5.74) is 0.576. The third-order valence-electron chi connectivity index (χ3n) is 5.62. The number of pyridine rings is 1. The number of benzene rings is 2. The first-order valence-corrected chi connectivity index (χ1v) is 11.6. The fraction of sp³-hybridized carbons (Fsp3) is 0.240. The zero-order chi connectivity index (χ0) is 22.6. The van der Waals surface area contributed by atoms with Gasteiger partial charge in [0.2, 0.25) is 6.10 Å². The zero-order valence-electron chi connectivity index (χ0n) is 17.9. The van der Waals surface area contributed by atoms with Crippen LogP contribution in [0.25, 0.3) is 0 Å². The van der Waals surface area contributed by atoms with Crippen molar-refractivity contribution in [2.24, 2.45) is 0 Å². The van der Waals surface area contributed by atoms with Crippen LogP contribution < -0.4 is 9.47 Å². The molecule has 3 heterocycles. The van der Waals surface area contributed by atoms with E-state index < -0.39 is 6.10 Å². The number of fused-ring (bicyclic) bond motifs is 1. The topological polar surface area (TPSA) is 72.0 Å². The molecule has 0 bridgehead atoms. The van der Waals surface area contributed by atoms with Gasteiger partial charge >= 0.3 is 0 Å². The van der Waals surface area contributed by atoms with E-state index in [1.165, 1.54) is 11.8 Å². The van der Waals surface area contributed by atoms with Crippen LogP contribution in [0.3, 0.4) is 0 Å². The minimum Gasteiger partial charge on any atom is -0.485 e. The van der Waals surface area contributed by atoms with Crippen molar-refractivity contribution in [3.63, 3.8) is 0 Å². The van der Waals surface area contributed by atoms with Gasteiger partial charge in [-0.15, -0.1) is 0 Å². The van der Waals surface area contributed by atoms with Crippen LogP contribution in [0.15, 0.2) is 82.8 Å². The molecule has 0 N–H and O–H groups in total. The predicted octanol–water partition coefficient (Wildman–Crippen LogP) is 3.36. The first-order valence-electron chi connectivity index (χ1n) is 10.8. The van der Waals surface area contributed by atoms with Crippen LogP contribution in [-0.4, -0.2) is 65.5 Å². The van der Waals surface area contributed by atoms with Crippen LogP contribution in [0.2, 0.25) is 0 Å². The lowest BCUT2D eigenvalue weighted by atomic mass is 10.2. The number of nitrogens with zero attached hydrogens (tertiary/aromatic N) is 3. The Morgan fingerprint density at radius 3 is 2.33 bits per heavy atom. The van der Waals surface area contributed by atoms with Crippen molar-refractivity contribution in [2.75, 3.05) is 32.8 Å². The van der Waals surface area contributed by atoms with E-state index in [0.29, 0.717) is 48.3 Å². The molecule has 1 aromatic heterocycles. The van der Waals surface area contributed by atoms with E-state index in [1.54, 1.807) is 28.1 Å². The highest BCUT2D eigenvalue weighted by atomic mass is 32.2. The number of rotatable bonds is 4. The first kappa shape index (κ1) is 21.3. The van der Waals surface area contributed by atoms with Crippen molar-refractivity contribution in [2.45, 2.75) is 16.0 Å². The van der Waals surface area contributed by atoms with Crippen LogP contribution in [0.4, 0.5) is 0 Å². The molecular weight excluding hydrogens is 438 g/mol. The SMILES string of the molecule is O=C(c1cccnc1Sc1ccccc1)N1CCN(C(=O)[C@@H]2COc3ccccc3O2)CC1. The van der Waals surface area contributed by atoms with Gasteiger partial charge in [0.05, 0.1) is 5.56 Å². The van der Waals surface area contributed by atoms with Gasteiger partial charge in [-0.3, -0.25) is 9.59 Å². The van der Waals surface area contributed by atoms with Crippen LogP contribution >= 0.6 is 11.8 Å². The van der Waals surface area contributed by atoms with Crippen LogP contribution in [0.1, 0.15) is 10.4 Å². The van der Waals surface area contributed by atoms with Gasteiger partial charge in [0.1, 0.15) is 11.6 Å². The van der Waals surface area contributed by atoms with Gasteiger partial charge in [-0.2, -0.15) is 0 Å². The monoisotopic (exact) mass is 461 g/mol. The molecular formula is C25H23N3O4S. The summed E-state index contributed by atoms with van der Waals surface area (Å²) in [6.45, 7) is 2.00. The molecule has 2 amide bonds. The number of hydrogen-bond donors (Lipinski definition) is 0. The molecule has 1 atom stereocenters. The largest absolute Gasteiger partial charge is 0.485 e. The minimum absolute atomic E-state index is 0.0696. The summed E-state index contributed by atoms with van der Waals surface area (Å²) in [4.78, 5) is 35.2. The maximum Gasteiger partial charge on any atom is 0.267 e. The Balaban J connectivity index is 1.21. The highest BCUT2D eigenvalue weighted by Crippen LogP contribution is 2.32. The second kappa shape index (κ2) is 9.54. The molecule has 0 aliphatic carbocycles. The maximum atomic E-state index is 13.3. The number of piperazine rings is 1. The lowest BCUT2D eigenvalue weighted by Gasteiger charge is -2.37. The molecule has 1 saturated heterocycles. The smallest absolute Gasteiger partial charge is 0.267 e. The van der Waals surface area contributed by atoms with Crippen molar-refractivity contribution in [3.8, 4) is 11.5 Å². The first-order chi connectivity index (χ1) is 16.2. The zero-order valence-corrected chi connectivity index (χ0v) is 18.7. The molecule has 168 valence electrons. The molecule has 7 nitrogen and oxygen atoms in total. The van der Waals surface area contributed by atoms with Crippen molar-refractivity contribution in [3.05, 3.63) is 78.5 Å². The fourth-order valence-electron chi connectivity index (χ4n) is 3.88. The van der Waals surface area contributed by atoms with Crippen LogP contribution in [0, 0.1) is 0 Å². The number of hydrogen-bond acceptors (Lipinski definition) is 6. The normalized spacial score (nSPS) is 17.5. The van der Waals surface area contributed by atoms with E-state index in [9.17, 15) is 9.59 Å². The third kappa shape index (κ3) is 4.66. The fourth-order valence-corrected chi connectivity index (χ4v) is 4.78. The van der Waals surface area contributed by atoms with Crippen molar-refractivity contribution in [1.82, 2.24) is 14.8 Å². The van der Waals surface area contributed by atoms with Gasteiger partial charge in [-0.05, 0) is 36.4 Å². The number of ether oxygens (including phenoxy) is 2. The molecule has 2 aromatic carbocycles. The number of carbonyl (C=O) groups excluding carboxylic acids is 2. The highest BCUT2D eigenvalue weighted by Gasteiger charge is 2.34. The van der Waals surface area contributed by atoms with E-state index in [-0.39, 0.29) is 18.4 Å². The van der Waals surface area contributed by atoms with Gasteiger partial charge in [0, 0.05) is 37.3 Å². The predicted molar refractivity (Wildman–Crippen MR) is 124 cm³/mol. The van der Waals surface area contributed by atoms with Crippen molar-refractivity contribution < 1.29 is 19.1 Å². The molecule has 3 aromatic rings. The molecule has 2 aliphatic heterocycles. The number of amides is 2. The molecule has 1 fully saturated rings. The van der Waals surface area contributed by atoms with Crippen molar-refractivity contribution in [1.29, 1.82) is 0 Å². The quantitative estimate of drug-likeness (QED) is 0.593. The molecule has 2 aliphatic rings. The van der Waals surface area contributed by atoms with E-state index in [1.807, 2.05) is 54.6 Å². The Labute approximate surface area is 196 Å². The molecule has 0 spiro atoms. The van der Waals surface area contributed by atoms with E-state index >= 15 is 0 Å². The van der Waals surface area contributed by atoms with E-state index in [4.69, 9.17) is 9.47 Å². The second-order valence-corrected chi connectivity index (χ2v) is 8.82. The number of para-hydroxylation sites is 2. The van der Waals surface area contributed by atoms with Gasteiger partial charge in [-0.25, -0.2) is 4.98 Å². The second-order valence-electron chi connectivity index (χ2n) is 7.75. The van der Waals surface area contributed by atoms with E-state index in [2.05, 4.69) is 4.98 Å². The lowest BCUT2D eigenvalue weighted by Crippen LogP contribution is -2.55. The summed E-state index contributed by atoms with van der Waals surface area (Å²) in [5, 5.41) is 0.679. The lowest BCUT2D eigenvalue weighted by molar-refractivity contribution is -0.142. The van der Waals surface area contributed by atoms with Crippen LogP contribution in [-0.2, 0) is 4.79 Å². The summed E-state index contributed by atoms with van der Waals surface area (Å²) in [5.74, 6) is 1.05. The standard InChI is InChI=1S/C25H23N3O4S/c29-24(19-9-6-12-26-23(19)33-18-7-2-1-3-8-18)27-13-15-28(16-14-27)25(30)22-17-31-20-10-4-5-11-21(20)32-22/h1-12,22H,13-17H2/t22-/m0/s1. The summed E-state index contributed by atoms with van der Waals surface area (Å²) in [7, 11) is 0. The summed E-state index contributed by atoms with van der Waals surface area (Å²) in [6.07, 6.45) is 1.03. The van der Waals surface area contributed by atoms with Gasteiger partial charge in [-0.1, -0.05) is 42.1 Å². The summed E-state index contributed by atoms with van der Waals surface area (Å²) in [6, 6.07) is 20.8. The molecule has 8 heteroatoms. The number of aromatic nitrogens is 1. The molecule has 33 heavy (non-hydrogen) atoms. The average molecular weight is 462 g/mol. The molecule has 5 rings (SSSR count). The van der Waals surface area contributed by atoms with Gasteiger partial charge in [0.25, 0.3) is 11.8 Å². The summed E-state index contributed by atoms with van der Waals surface area (Å²) >= 11 is 1.47. The Kier molecular flexibility index (Phi) is 6.17. The van der Waals surface area contributed by atoms with Gasteiger partial charge < -0.3 is 19.3 Å². The Hall–Kier alpha value is -3.52. The third-order valence-corrected chi connectivity index (χ3v) is 6.65. The molecule has 0 unspecified atom stereocenters. The average Bonchev–Trinajstić information content (AvgIpc) is 2.88. The van der Waals surface area contributed by atoms with Crippen molar-refractivity contribution >= 4 is 23.6 Å². The molecule has 0 radical (unpaired) electrons. The van der Waals surface area contributed by atoms with Crippen LogP contribution in [0.5, 0.6) is 11.5 Å². The van der Waals surface area contributed by atoms with Gasteiger partial charge in [0.15, 0.2) is 11.5 Å². The Morgan fingerprint density at radius 1 is 0.848 bits per heavy atom. The Morgan fingerprint density at radius 2 is 1.55 bits per heavy atom. The maximum absolute atomic E-state index is 13.3. The summed E-state index contributed by atoms with van der Waals surface area (Å²) < 4.78 is 11.5. The number of carbonyl (C=O) groups is 2. The highest BCUT2D eigenvalue weighted by molar-refractivity contribution is 7.99. The molecule has 0 saturated carbocycles. The van der Waals surface area contributed by atoms with E-state index in [0.717, 1.165) is 4.90 Å².